The molecule has 128 valence electrons. The number of halogens is 1. The second-order valence-electron chi connectivity index (χ2n) is 6.65. The fourth-order valence-corrected chi connectivity index (χ4v) is 3.65. The minimum absolute atomic E-state index is 0.174. The molecule has 0 aliphatic carbocycles. The van der Waals surface area contributed by atoms with E-state index in [2.05, 4.69) is 4.98 Å². The Morgan fingerprint density at radius 1 is 1.00 bits per heavy atom. The van der Waals surface area contributed by atoms with Crippen LogP contribution in [-0.2, 0) is 11.2 Å². The number of aromatic nitrogens is 1. The number of piperidine rings is 1. The van der Waals surface area contributed by atoms with Crippen molar-refractivity contribution in [2.24, 2.45) is 0 Å². The number of hydrogen-bond donors (Lipinski definition) is 1. The van der Waals surface area contributed by atoms with Gasteiger partial charge >= 0.3 is 0 Å². The zero-order chi connectivity index (χ0) is 17.2. The Balaban J connectivity index is 1.74. The number of fused-ring (bicyclic) bond motifs is 1. The molecule has 0 atom stereocenters. The number of para-hydroxylation sites is 1. The fourth-order valence-electron chi connectivity index (χ4n) is 3.65. The molecule has 1 N–H and O–H groups in total. The quantitative estimate of drug-likeness (QED) is 0.749. The van der Waals surface area contributed by atoms with E-state index < -0.39 is 0 Å². The third-order valence-corrected chi connectivity index (χ3v) is 4.98. The molecule has 0 bridgehead atoms. The lowest BCUT2D eigenvalue weighted by molar-refractivity contribution is -0.131. The van der Waals surface area contributed by atoms with Gasteiger partial charge in [-0.15, -0.1) is 0 Å². The summed E-state index contributed by atoms with van der Waals surface area (Å²) in [4.78, 5) is 18.2. The van der Waals surface area contributed by atoms with Gasteiger partial charge in [-0.3, -0.25) is 4.79 Å². The number of rotatable bonds is 3. The van der Waals surface area contributed by atoms with Crippen molar-refractivity contribution in [2.45, 2.75) is 25.7 Å². The standard InChI is InChI=1S/C21H21FN2O/c22-16-10-8-15(9-11-16)21-18(17-6-2-3-7-19(17)23-21)14-20(25)24-12-4-1-5-13-24/h2-3,6-11,23H,1,4-5,12-14H2. The third-order valence-electron chi connectivity index (χ3n) is 4.98. The molecule has 4 rings (SSSR count). The number of hydrogen-bond acceptors (Lipinski definition) is 1. The molecule has 0 unspecified atom stereocenters. The molecule has 4 heteroatoms. The van der Waals surface area contributed by atoms with Crippen LogP contribution in [0.2, 0.25) is 0 Å². The van der Waals surface area contributed by atoms with Crippen LogP contribution in [0, 0.1) is 5.82 Å². The van der Waals surface area contributed by atoms with Gasteiger partial charge in [-0.1, -0.05) is 18.2 Å². The fraction of sp³-hybridized carbons (Fsp3) is 0.286. The molecule has 1 aromatic heterocycles. The van der Waals surface area contributed by atoms with Crippen molar-refractivity contribution in [1.82, 2.24) is 9.88 Å². The van der Waals surface area contributed by atoms with Crippen molar-refractivity contribution in [3.05, 3.63) is 59.9 Å². The molecule has 0 saturated carbocycles. The molecule has 1 fully saturated rings. The van der Waals surface area contributed by atoms with E-state index in [-0.39, 0.29) is 11.7 Å². The summed E-state index contributed by atoms with van der Waals surface area (Å²) in [6, 6.07) is 14.4. The summed E-state index contributed by atoms with van der Waals surface area (Å²) in [5.41, 5.74) is 3.81. The Morgan fingerprint density at radius 3 is 2.48 bits per heavy atom. The SMILES string of the molecule is O=C(Cc1c(-c2ccc(F)cc2)[nH]c2ccccc12)N1CCCCC1. The van der Waals surface area contributed by atoms with Gasteiger partial charge in [0.1, 0.15) is 5.82 Å². The summed E-state index contributed by atoms with van der Waals surface area (Å²) in [5, 5.41) is 1.06. The van der Waals surface area contributed by atoms with E-state index in [0.717, 1.165) is 53.7 Å². The van der Waals surface area contributed by atoms with E-state index in [9.17, 15) is 9.18 Å². The normalized spacial score (nSPS) is 14.8. The van der Waals surface area contributed by atoms with E-state index >= 15 is 0 Å². The average Bonchev–Trinajstić information content (AvgIpc) is 3.02. The number of carbonyl (C=O) groups is 1. The van der Waals surface area contributed by atoms with Crippen LogP contribution in [-0.4, -0.2) is 28.9 Å². The summed E-state index contributed by atoms with van der Waals surface area (Å²) >= 11 is 0. The van der Waals surface area contributed by atoms with Gasteiger partial charge in [0.25, 0.3) is 0 Å². The van der Waals surface area contributed by atoms with E-state index in [1.165, 1.54) is 18.6 Å². The summed E-state index contributed by atoms with van der Waals surface area (Å²) in [6.07, 6.45) is 3.75. The number of nitrogens with zero attached hydrogens (tertiary/aromatic N) is 1. The maximum Gasteiger partial charge on any atom is 0.227 e. The molecule has 25 heavy (non-hydrogen) atoms. The van der Waals surface area contributed by atoms with Gasteiger partial charge in [-0.25, -0.2) is 4.39 Å². The highest BCUT2D eigenvalue weighted by Gasteiger charge is 2.21. The molecule has 3 nitrogen and oxygen atoms in total. The number of nitrogens with one attached hydrogen (secondary N) is 1. The van der Waals surface area contributed by atoms with Crippen LogP contribution in [0.4, 0.5) is 4.39 Å². The van der Waals surface area contributed by atoms with Gasteiger partial charge in [-0.05, 0) is 60.7 Å². The van der Waals surface area contributed by atoms with E-state index in [1.54, 1.807) is 12.1 Å². The molecule has 1 amide bonds. The first-order chi connectivity index (χ1) is 12.2. The molecule has 0 spiro atoms. The molecule has 1 aliphatic heterocycles. The molecule has 0 radical (unpaired) electrons. The van der Waals surface area contributed by atoms with Gasteiger partial charge in [0.05, 0.1) is 12.1 Å². The molecular formula is C21H21FN2O. The topological polar surface area (TPSA) is 36.1 Å². The summed E-state index contributed by atoms with van der Waals surface area (Å²) < 4.78 is 13.3. The summed E-state index contributed by atoms with van der Waals surface area (Å²) in [6.45, 7) is 1.71. The summed E-state index contributed by atoms with van der Waals surface area (Å²) in [7, 11) is 0. The van der Waals surface area contributed by atoms with Crippen LogP contribution in [0.5, 0.6) is 0 Å². The molecule has 3 aromatic rings. The molecule has 2 aromatic carbocycles. The minimum atomic E-state index is -0.259. The van der Waals surface area contributed by atoms with Crippen LogP contribution in [0.15, 0.2) is 48.5 Å². The van der Waals surface area contributed by atoms with Crippen LogP contribution in [0.3, 0.4) is 0 Å². The van der Waals surface area contributed by atoms with Crippen molar-refractivity contribution >= 4 is 16.8 Å². The zero-order valence-corrected chi connectivity index (χ0v) is 14.1. The third kappa shape index (κ3) is 3.16. The first-order valence-electron chi connectivity index (χ1n) is 8.85. The van der Waals surface area contributed by atoms with Gasteiger partial charge < -0.3 is 9.88 Å². The van der Waals surface area contributed by atoms with Gasteiger partial charge in [0.2, 0.25) is 5.91 Å². The lowest BCUT2D eigenvalue weighted by Crippen LogP contribution is -2.36. The maximum atomic E-state index is 13.3. The predicted octanol–water partition coefficient (Wildman–Crippen LogP) is 4.53. The monoisotopic (exact) mass is 336 g/mol. The number of carbonyl (C=O) groups excluding carboxylic acids is 1. The second kappa shape index (κ2) is 6.71. The van der Waals surface area contributed by atoms with Crippen molar-refractivity contribution in [1.29, 1.82) is 0 Å². The van der Waals surface area contributed by atoms with Crippen LogP contribution in [0.25, 0.3) is 22.2 Å². The van der Waals surface area contributed by atoms with Crippen molar-refractivity contribution in [3.8, 4) is 11.3 Å². The van der Waals surface area contributed by atoms with Crippen LogP contribution in [0.1, 0.15) is 24.8 Å². The van der Waals surface area contributed by atoms with Gasteiger partial charge in [0, 0.05) is 24.0 Å². The maximum absolute atomic E-state index is 13.3. The Labute approximate surface area is 146 Å². The van der Waals surface area contributed by atoms with E-state index in [0.29, 0.717) is 6.42 Å². The highest BCUT2D eigenvalue weighted by Crippen LogP contribution is 2.31. The lowest BCUT2D eigenvalue weighted by atomic mass is 10.0. The van der Waals surface area contributed by atoms with Crippen LogP contribution >= 0.6 is 0 Å². The smallest absolute Gasteiger partial charge is 0.227 e. The van der Waals surface area contributed by atoms with Crippen molar-refractivity contribution < 1.29 is 9.18 Å². The van der Waals surface area contributed by atoms with E-state index in [4.69, 9.17) is 0 Å². The number of H-pyrrole nitrogens is 1. The molecule has 1 aliphatic rings. The number of likely N-dealkylation sites (tertiary alicyclic amines) is 1. The molecule has 2 heterocycles. The summed E-state index contributed by atoms with van der Waals surface area (Å²) in [5.74, 6) is -0.0846. The minimum Gasteiger partial charge on any atom is -0.354 e. The van der Waals surface area contributed by atoms with Crippen LogP contribution < -0.4 is 0 Å². The zero-order valence-electron chi connectivity index (χ0n) is 14.1. The van der Waals surface area contributed by atoms with Gasteiger partial charge in [-0.2, -0.15) is 0 Å². The lowest BCUT2D eigenvalue weighted by Gasteiger charge is -2.26. The average molecular weight is 336 g/mol. The van der Waals surface area contributed by atoms with Crippen molar-refractivity contribution in [2.75, 3.05) is 13.1 Å². The Hall–Kier alpha value is -2.62. The first kappa shape index (κ1) is 15.9. The Kier molecular flexibility index (Phi) is 4.26. The largest absolute Gasteiger partial charge is 0.354 e. The Bertz CT molecular complexity index is 892. The Morgan fingerprint density at radius 2 is 1.72 bits per heavy atom. The highest BCUT2D eigenvalue weighted by atomic mass is 19.1. The first-order valence-corrected chi connectivity index (χ1v) is 8.85. The number of amides is 1. The predicted molar refractivity (Wildman–Crippen MR) is 97.8 cm³/mol. The van der Waals surface area contributed by atoms with E-state index in [1.807, 2.05) is 29.2 Å². The second-order valence-corrected chi connectivity index (χ2v) is 6.65. The van der Waals surface area contributed by atoms with Crippen molar-refractivity contribution in [3.63, 3.8) is 0 Å². The highest BCUT2D eigenvalue weighted by molar-refractivity contribution is 5.95. The molecular weight excluding hydrogens is 315 g/mol. The molecule has 1 saturated heterocycles. The number of aromatic amines is 1. The van der Waals surface area contributed by atoms with Gasteiger partial charge in [0.15, 0.2) is 0 Å². The number of benzene rings is 2.